The largest absolute Gasteiger partial charge is 0.310 e. The second-order valence-corrected chi connectivity index (χ2v) is 6.89. The molecule has 1 unspecified atom stereocenters. The molecule has 1 aromatic rings. The maximum absolute atomic E-state index is 3.74. The Morgan fingerprint density at radius 2 is 1.84 bits per heavy atom. The van der Waals surface area contributed by atoms with Crippen molar-refractivity contribution in [2.45, 2.75) is 59.4 Å². The van der Waals surface area contributed by atoms with Gasteiger partial charge in [-0.15, -0.1) is 0 Å². The predicted molar refractivity (Wildman–Crippen MR) is 83.3 cm³/mol. The molecule has 106 valence electrons. The molecule has 0 amide bonds. The highest BCUT2D eigenvalue weighted by Crippen LogP contribution is 2.43. The van der Waals surface area contributed by atoms with Gasteiger partial charge in [0.1, 0.15) is 0 Å². The first kappa shape index (κ1) is 14.6. The van der Waals surface area contributed by atoms with Gasteiger partial charge in [-0.1, -0.05) is 45.0 Å². The van der Waals surface area contributed by atoms with Gasteiger partial charge in [-0.05, 0) is 61.6 Å². The zero-order valence-electron chi connectivity index (χ0n) is 13.0. The Hall–Kier alpha value is -0.820. The predicted octanol–water partition coefficient (Wildman–Crippen LogP) is 4.86. The summed E-state index contributed by atoms with van der Waals surface area (Å²) in [6.45, 7) is 10.3. The van der Waals surface area contributed by atoms with Gasteiger partial charge in [-0.25, -0.2) is 0 Å². The molecule has 0 heterocycles. The number of benzene rings is 1. The van der Waals surface area contributed by atoms with E-state index in [2.05, 4.69) is 57.3 Å². The second-order valence-electron chi connectivity index (χ2n) is 6.89. The second kappa shape index (κ2) is 6.09. The van der Waals surface area contributed by atoms with Crippen LogP contribution >= 0.6 is 0 Å². The number of aryl methyl sites for hydroxylation is 1. The van der Waals surface area contributed by atoms with Gasteiger partial charge in [-0.2, -0.15) is 0 Å². The van der Waals surface area contributed by atoms with Crippen molar-refractivity contribution in [2.75, 3.05) is 6.54 Å². The summed E-state index contributed by atoms with van der Waals surface area (Å²) in [5.74, 6) is 0.800. The molecule has 0 aliphatic heterocycles. The molecule has 2 rings (SSSR count). The van der Waals surface area contributed by atoms with Crippen molar-refractivity contribution in [2.24, 2.45) is 11.3 Å². The maximum atomic E-state index is 3.74. The standard InChI is InChI=1S/C18H29N/c1-5-19-17(16-9-7-6-8-14(16)2)15-10-12-18(3,4)13-11-15/h6-9,15,17,19H,5,10-13H2,1-4H3. The third kappa shape index (κ3) is 3.60. The lowest BCUT2D eigenvalue weighted by Crippen LogP contribution is -2.33. The minimum atomic E-state index is 0.544. The summed E-state index contributed by atoms with van der Waals surface area (Å²) in [5.41, 5.74) is 3.49. The summed E-state index contributed by atoms with van der Waals surface area (Å²) in [7, 11) is 0. The van der Waals surface area contributed by atoms with E-state index in [1.54, 1.807) is 0 Å². The lowest BCUT2D eigenvalue weighted by Gasteiger charge is -2.39. The van der Waals surface area contributed by atoms with Crippen LogP contribution in [0, 0.1) is 18.3 Å². The van der Waals surface area contributed by atoms with Crippen molar-refractivity contribution >= 4 is 0 Å². The lowest BCUT2D eigenvalue weighted by atomic mass is 9.70. The Labute approximate surface area is 118 Å². The SMILES string of the molecule is CCNC(c1ccccc1C)C1CCC(C)(C)CC1. The Morgan fingerprint density at radius 3 is 2.42 bits per heavy atom. The highest BCUT2D eigenvalue weighted by molar-refractivity contribution is 5.29. The van der Waals surface area contributed by atoms with Gasteiger partial charge in [0.2, 0.25) is 0 Å². The first-order valence-electron chi connectivity index (χ1n) is 7.82. The molecule has 19 heavy (non-hydrogen) atoms. The first-order valence-corrected chi connectivity index (χ1v) is 7.82. The van der Waals surface area contributed by atoms with Crippen LogP contribution in [0.25, 0.3) is 0 Å². The monoisotopic (exact) mass is 259 g/mol. The fourth-order valence-corrected chi connectivity index (χ4v) is 3.44. The first-order chi connectivity index (χ1) is 9.03. The van der Waals surface area contributed by atoms with Gasteiger partial charge in [-0.3, -0.25) is 0 Å². The van der Waals surface area contributed by atoms with E-state index < -0.39 is 0 Å². The van der Waals surface area contributed by atoms with E-state index >= 15 is 0 Å². The number of rotatable bonds is 4. The average Bonchev–Trinajstić information content (AvgIpc) is 2.38. The Bertz CT molecular complexity index is 398. The van der Waals surface area contributed by atoms with Crippen molar-refractivity contribution in [3.63, 3.8) is 0 Å². The summed E-state index contributed by atoms with van der Waals surface area (Å²) in [6, 6.07) is 9.42. The lowest BCUT2D eigenvalue weighted by molar-refractivity contribution is 0.162. The summed E-state index contributed by atoms with van der Waals surface area (Å²) in [5, 5.41) is 3.74. The summed E-state index contributed by atoms with van der Waals surface area (Å²) < 4.78 is 0. The molecule has 1 N–H and O–H groups in total. The topological polar surface area (TPSA) is 12.0 Å². The smallest absolute Gasteiger partial charge is 0.0351 e. The van der Waals surface area contributed by atoms with Crippen LogP contribution in [-0.2, 0) is 0 Å². The molecule has 1 aliphatic rings. The molecule has 1 nitrogen and oxygen atoms in total. The molecule has 1 saturated carbocycles. The summed E-state index contributed by atoms with van der Waals surface area (Å²) in [4.78, 5) is 0. The van der Waals surface area contributed by atoms with Gasteiger partial charge in [0, 0.05) is 6.04 Å². The van der Waals surface area contributed by atoms with E-state index in [0.717, 1.165) is 12.5 Å². The quantitative estimate of drug-likeness (QED) is 0.814. The van der Waals surface area contributed by atoms with Gasteiger partial charge < -0.3 is 5.32 Å². The van der Waals surface area contributed by atoms with Gasteiger partial charge in [0.25, 0.3) is 0 Å². The molecule has 0 aromatic heterocycles. The highest BCUT2D eigenvalue weighted by atomic mass is 14.9. The van der Waals surface area contributed by atoms with Crippen molar-refractivity contribution in [3.05, 3.63) is 35.4 Å². The molecule has 0 radical (unpaired) electrons. The van der Waals surface area contributed by atoms with Crippen LogP contribution < -0.4 is 5.32 Å². The Kier molecular flexibility index (Phi) is 4.67. The Morgan fingerprint density at radius 1 is 1.21 bits per heavy atom. The van der Waals surface area contributed by atoms with Crippen LogP contribution in [-0.4, -0.2) is 6.54 Å². The van der Waals surface area contributed by atoms with Crippen LogP contribution in [0.4, 0.5) is 0 Å². The molecule has 0 spiro atoms. The van der Waals surface area contributed by atoms with Crippen LogP contribution in [0.1, 0.15) is 63.6 Å². The van der Waals surface area contributed by atoms with E-state index in [0.29, 0.717) is 11.5 Å². The molecule has 1 atom stereocenters. The zero-order valence-corrected chi connectivity index (χ0v) is 13.0. The molecular formula is C18H29N. The Balaban J connectivity index is 2.15. The fourth-order valence-electron chi connectivity index (χ4n) is 3.44. The van der Waals surface area contributed by atoms with Crippen molar-refractivity contribution in [1.82, 2.24) is 5.32 Å². The third-order valence-corrected chi connectivity index (χ3v) is 4.80. The van der Waals surface area contributed by atoms with Crippen molar-refractivity contribution < 1.29 is 0 Å². The number of hydrogen-bond donors (Lipinski definition) is 1. The molecule has 1 aliphatic carbocycles. The molecule has 0 saturated heterocycles. The molecule has 1 heteroatoms. The van der Waals surface area contributed by atoms with E-state index in [-0.39, 0.29) is 0 Å². The van der Waals surface area contributed by atoms with E-state index in [1.165, 1.54) is 36.8 Å². The minimum absolute atomic E-state index is 0.544. The summed E-state index contributed by atoms with van der Waals surface area (Å²) >= 11 is 0. The molecular weight excluding hydrogens is 230 g/mol. The van der Waals surface area contributed by atoms with Crippen LogP contribution in [0.5, 0.6) is 0 Å². The minimum Gasteiger partial charge on any atom is -0.310 e. The highest BCUT2D eigenvalue weighted by Gasteiger charge is 2.32. The molecule has 1 aromatic carbocycles. The third-order valence-electron chi connectivity index (χ3n) is 4.80. The van der Waals surface area contributed by atoms with Gasteiger partial charge >= 0.3 is 0 Å². The maximum Gasteiger partial charge on any atom is 0.0351 e. The van der Waals surface area contributed by atoms with Crippen LogP contribution in [0.15, 0.2) is 24.3 Å². The molecule has 0 bridgehead atoms. The van der Waals surface area contributed by atoms with E-state index in [9.17, 15) is 0 Å². The van der Waals surface area contributed by atoms with Crippen LogP contribution in [0.2, 0.25) is 0 Å². The van der Waals surface area contributed by atoms with E-state index in [4.69, 9.17) is 0 Å². The van der Waals surface area contributed by atoms with E-state index in [1.807, 2.05) is 0 Å². The normalized spacial score (nSPS) is 21.3. The average molecular weight is 259 g/mol. The number of nitrogens with one attached hydrogen (secondary N) is 1. The van der Waals surface area contributed by atoms with Crippen LogP contribution in [0.3, 0.4) is 0 Å². The van der Waals surface area contributed by atoms with Gasteiger partial charge in [0.15, 0.2) is 0 Å². The molecule has 1 fully saturated rings. The zero-order chi connectivity index (χ0) is 13.9. The fraction of sp³-hybridized carbons (Fsp3) is 0.667. The van der Waals surface area contributed by atoms with Gasteiger partial charge in [0.05, 0.1) is 0 Å². The van der Waals surface area contributed by atoms with Crippen molar-refractivity contribution in [3.8, 4) is 0 Å². The number of hydrogen-bond acceptors (Lipinski definition) is 1. The summed E-state index contributed by atoms with van der Waals surface area (Å²) in [6.07, 6.45) is 5.45. The van der Waals surface area contributed by atoms with Crippen molar-refractivity contribution in [1.29, 1.82) is 0 Å².